The molecule has 9 heteroatoms. The van der Waals surface area contributed by atoms with Gasteiger partial charge in [0.15, 0.2) is 11.0 Å². The third-order valence-corrected chi connectivity index (χ3v) is 5.82. The van der Waals surface area contributed by atoms with Crippen molar-refractivity contribution in [2.24, 2.45) is 0 Å². The summed E-state index contributed by atoms with van der Waals surface area (Å²) in [6.45, 7) is 2.03. The maximum Gasteiger partial charge on any atom is 0.234 e. The van der Waals surface area contributed by atoms with Gasteiger partial charge in [0.1, 0.15) is 5.75 Å². The molecule has 0 bridgehead atoms. The van der Waals surface area contributed by atoms with E-state index in [4.69, 9.17) is 16.3 Å². The molecule has 4 aromatic rings. The third kappa shape index (κ3) is 4.92. The van der Waals surface area contributed by atoms with Gasteiger partial charge in [-0.05, 0) is 55.0 Å². The van der Waals surface area contributed by atoms with E-state index in [2.05, 4.69) is 26.6 Å². The summed E-state index contributed by atoms with van der Waals surface area (Å²) in [7, 11) is 1.54. The van der Waals surface area contributed by atoms with Crippen LogP contribution in [0.25, 0.3) is 17.1 Å². The summed E-state index contributed by atoms with van der Waals surface area (Å²) in [5.41, 5.74) is 3.52. The van der Waals surface area contributed by atoms with Crippen LogP contribution in [0.1, 0.15) is 5.56 Å². The second-order valence-electron chi connectivity index (χ2n) is 6.90. The maximum atomic E-state index is 12.6. The van der Waals surface area contributed by atoms with Gasteiger partial charge >= 0.3 is 0 Å². The first-order valence-electron chi connectivity index (χ1n) is 9.74. The lowest BCUT2D eigenvalue weighted by molar-refractivity contribution is -0.113. The van der Waals surface area contributed by atoms with Gasteiger partial charge in [-0.25, -0.2) is 0 Å². The molecular formula is C23H20ClN5O2S. The van der Waals surface area contributed by atoms with E-state index in [0.29, 0.717) is 27.4 Å². The first-order chi connectivity index (χ1) is 15.5. The van der Waals surface area contributed by atoms with E-state index in [1.807, 2.05) is 41.8 Å². The summed E-state index contributed by atoms with van der Waals surface area (Å²) >= 11 is 7.45. The summed E-state index contributed by atoms with van der Waals surface area (Å²) < 4.78 is 7.09. The molecule has 7 nitrogen and oxygen atoms in total. The van der Waals surface area contributed by atoms with Crippen LogP contribution in [0.3, 0.4) is 0 Å². The molecule has 0 fully saturated rings. The van der Waals surface area contributed by atoms with Crippen LogP contribution in [0.4, 0.5) is 5.69 Å². The van der Waals surface area contributed by atoms with Crippen LogP contribution in [-0.2, 0) is 4.79 Å². The Morgan fingerprint density at radius 1 is 1.12 bits per heavy atom. The summed E-state index contributed by atoms with van der Waals surface area (Å²) in [5, 5.41) is 12.6. The molecule has 0 atom stereocenters. The van der Waals surface area contributed by atoms with Gasteiger partial charge in [0, 0.05) is 29.3 Å². The standard InChI is InChI=1S/C23H20ClN5O2S/c1-15-4-3-5-18(12-15)29-22(16-8-10-25-11-9-16)27-28-23(29)32-14-21(30)26-17-6-7-20(31-2)19(24)13-17/h3-13H,14H2,1-2H3,(H,26,30). The fourth-order valence-electron chi connectivity index (χ4n) is 3.12. The number of aryl methyl sites for hydroxylation is 1. The Kier molecular flexibility index (Phi) is 6.72. The van der Waals surface area contributed by atoms with Crippen molar-refractivity contribution in [3.8, 4) is 22.8 Å². The van der Waals surface area contributed by atoms with Crippen LogP contribution >= 0.6 is 23.4 Å². The molecule has 0 spiro atoms. The van der Waals surface area contributed by atoms with E-state index in [9.17, 15) is 4.79 Å². The summed E-state index contributed by atoms with van der Waals surface area (Å²) in [6, 6.07) is 16.9. The minimum Gasteiger partial charge on any atom is -0.495 e. The quantitative estimate of drug-likeness (QED) is 0.385. The molecule has 0 saturated carbocycles. The van der Waals surface area contributed by atoms with Crippen molar-refractivity contribution in [3.05, 3.63) is 77.6 Å². The number of hydrogen-bond donors (Lipinski definition) is 1. The number of methoxy groups -OCH3 is 1. The average Bonchev–Trinajstić information content (AvgIpc) is 3.22. The predicted octanol–water partition coefficient (Wildman–Crippen LogP) is 5.03. The SMILES string of the molecule is COc1ccc(NC(=O)CSc2nnc(-c3ccncc3)n2-c2cccc(C)c2)cc1Cl. The Morgan fingerprint density at radius 2 is 1.94 bits per heavy atom. The molecule has 4 rings (SSSR count). The first-order valence-corrected chi connectivity index (χ1v) is 11.1. The van der Waals surface area contributed by atoms with Crippen LogP contribution < -0.4 is 10.1 Å². The Labute approximate surface area is 194 Å². The number of carbonyl (C=O) groups excluding carboxylic acids is 1. The van der Waals surface area contributed by atoms with Crippen LogP contribution in [0.2, 0.25) is 5.02 Å². The van der Waals surface area contributed by atoms with Crippen LogP contribution in [0.5, 0.6) is 5.75 Å². The van der Waals surface area contributed by atoms with E-state index in [0.717, 1.165) is 16.8 Å². The van der Waals surface area contributed by atoms with Gasteiger partial charge in [0.2, 0.25) is 5.91 Å². The van der Waals surface area contributed by atoms with Gasteiger partial charge in [-0.15, -0.1) is 10.2 Å². The zero-order valence-electron chi connectivity index (χ0n) is 17.4. The van der Waals surface area contributed by atoms with Gasteiger partial charge in [-0.1, -0.05) is 35.5 Å². The molecule has 0 radical (unpaired) electrons. The highest BCUT2D eigenvalue weighted by Crippen LogP contribution is 2.29. The van der Waals surface area contributed by atoms with Crippen molar-refractivity contribution in [3.63, 3.8) is 0 Å². The zero-order chi connectivity index (χ0) is 22.5. The molecule has 2 aromatic carbocycles. The normalized spacial score (nSPS) is 10.7. The maximum absolute atomic E-state index is 12.6. The number of nitrogens with one attached hydrogen (secondary N) is 1. The van der Waals surface area contributed by atoms with Gasteiger partial charge < -0.3 is 10.1 Å². The largest absolute Gasteiger partial charge is 0.495 e. The molecule has 1 N–H and O–H groups in total. The van der Waals surface area contributed by atoms with Gasteiger partial charge in [-0.2, -0.15) is 0 Å². The van der Waals surface area contributed by atoms with Gasteiger partial charge in [0.25, 0.3) is 0 Å². The fraction of sp³-hybridized carbons (Fsp3) is 0.130. The highest BCUT2D eigenvalue weighted by molar-refractivity contribution is 7.99. The number of benzene rings is 2. The second kappa shape index (κ2) is 9.84. The number of thioether (sulfide) groups is 1. The molecule has 2 aromatic heterocycles. The minimum absolute atomic E-state index is 0.157. The van der Waals surface area contributed by atoms with Crippen molar-refractivity contribution in [2.75, 3.05) is 18.2 Å². The van der Waals surface area contributed by atoms with E-state index < -0.39 is 0 Å². The molecule has 0 aliphatic heterocycles. The Balaban J connectivity index is 1.56. The lowest BCUT2D eigenvalue weighted by atomic mass is 10.2. The van der Waals surface area contributed by atoms with Crippen LogP contribution in [0.15, 0.2) is 72.1 Å². The molecule has 1 amide bonds. The highest BCUT2D eigenvalue weighted by atomic mass is 35.5. The van der Waals surface area contributed by atoms with Crippen molar-refractivity contribution in [2.45, 2.75) is 12.1 Å². The molecule has 162 valence electrons. The molecule has 2 heterocycles. The van der Waals surface area contributed by atoms with Gasteiger partial charge in [-0.3, -0.25) is 14.3 Å². The number of nitrogens with zero attached hydrogens (tertiary/aromatic N) is 4. The Bertz CT molecular complexity index is 1250. The number of anilines is 1. The second-order valence-corrected chi connectivity index (χ2v) is 8.25. The molecule has 0 unspecified atom stereocenters. The predicted molar refractivity (Wildman–Crippen MR) is 127 cm³/mol. The smallest absolute Gasteiger partial charge is 0.234 e. The molecular weight excluding hydrogens is 446 g/mol. The summed E-state index contributed by atoms with van der Waals surface area (Å²) in [6.07, 6.45) is 3.43. The Hall–Kier alpha value is -3.36. The van der Waals surface area contributed by atoms with Crippen molar-refractivity contribution >= 4 is 35.0 Å². The Morgan fingerprint density at radius 3 is 2.66 bits per heavy atom. The molecule has 0 aliphatic rings. The van der Waals surface area contributed by atoms with E-state index >= 15 is 0 Å². The number of halogens is 1. The third-order valence-electron chi connectivity index (χ3n) is 4.60. The minimum atomic E-state index is -0.180. The van der Waals surface area contributed by atoms with E-state index in [1.54, 1.807) is 37.7 Å². The first kappa shape index (κ1) is 21.9. The average molecular weight is 466 g/mol. The molecule has 0 aliphatic carbocycles. The monoisotopic (exact) mass is 465 g/mol. The lowest BCUT2D eigenvalue weighted by Crippen LogP contribution is -2.14. The van der Waals surface area contributed by atoms with Crippen LogP contribution in [-0.4, -0.2) is 38.5 Å². The number of carbonyl (C=O) groups is 1. The summed E-state index contributed by atoms with van der Waals surface area (Å²) in [5.74, 6) is 1.21. The van der Waals surface area contributed by atoms with Gasteiger partial charge in [0.05, 0.1) is 17.9 Å². The number of hydrogen-bond acceptors (Lipinski definition) is 6. The molecule has 0 saturated heterocycles. The van der Waals surface area contributed by atoms with Crippen molar-refractivity contribution in [1.29, 1.82) is 0 Å². The number of pyridine rings is 1. The van der Waals surface area contributed by atoms with E-state index in [1.165, 1.54) is 11.8 Å². The number of aromatic nitrogens is 4. The number of ether oxygens (including phenoxy) is 1. The van der Waals surface area contributed by atoms with Crippen molar-refractivity contribution in [1.82, 2.24) is 19.7 Å². The summed E-state index contributed by atoms with van der Waals surface area (Å²) in [4.78, 5) is 16.6. The topological polar surface area (TPSA) is 81.9 Å². The van der Waals surface area contributed by atoms with Crippen molar-refractivity contribution < 1.29 is 9.53 Å². The number of amides is 1. The highest BCUT2D eigenvalue weighted by Gasteiger charge is 2.17. The van der Waals surface area contributed by atoms with Crippen LogP contribution in [0, 0.1) is 6.92 Å². The fourth-order valence-corrected chi connectivity index (χ4v) is 4.13. The number of rotatable bonds is 7. The van der Waals surface area contributed by atoms with E-state index in [-0.39, 0.29) is 11.7 Å². The lowest BCUT2D eigenvalue weighted by Gasteiger charge is -2.11. The zero-order valence-corrected chi connectivity index (χ0v) is 19.0. The molecule has 32 heavy (non-hydrogen) atoms.